The number of urea groups is 1. The average molecular weight is 1880 g/mol. The normalized spacial score (nSPS) is 12.7. The molecule has 3 aliphatic rings. The van der Waals surface area contributed by atoms with E-state index in [0.29, 0.717) is 62.0 Å². The van der Waals surface area contributed by atoms with Crippen molar-refractivity contribution in [1.29, 1.82) is 0 Å². The van der Waals surface area contributed by atoms with E-state index in [1.54, 1.807) is 63.7 Å². The second kappa shape index (κ2) is 47.1. The summed E-state index contributed by atoms with van der Waals surface area (Å²) in [6, 6.07) is 46.0. The number of amides is 7. The summed E-state index contributed by atoms with van der Waals surface area (Å²) in [6.07, 6.45) is 23.9. The van der Waals surface area contributed by atoms with Gasteiger partial charge in [0.2, 0.25) is 5.91 Å². The number of pyridine rings is 8. The largest absolute Gasteiger partial charge is 0.378 e. The van der Waals surface area contributed by atoms with Crippen LogP contribution in [0.2, 0.25) is 0 Å². The van der Waals surface area contributed by atoms with Gasteiger partial charge < -0.3 is 66.0 Å². The van der Waals surface area contributed by atoms with Crippen LogP contribution < -0.4 is 36.8 Å². The number of benzene rings is 4. The number of fused-ring (bicyclic) bond motifs is 4. The fourth-order valence-corrected chi connectivity index (χ4v) is 15.2. The Bertz CT molecular complexity index is 6700. The molecule has 1 saturated carbocycles. The number of nitrogens with one attached hydrogen (secondary N) is 10. The highest BCUT2D eigenvalue weighted by Gasteiger charge is 2.30. The van der Waals surface area contributed by atoms with Gasteiger partial charge in [-0.2, -0.15) is 20.4 Å². The zero-order chi connectivity index (χ0) is 94.2. The van der Waals surface area contributed by atoms with Gasteiger partial charge in [-0.05, 0) is 238 Å². The minimum Gasteiger partial charge on any atom is -0.378 e. The van der Waals surface area contributed by atoms with Crippen LogP contribution in [0.1, 0.15) is 119 Å². The molecule has 0 radical (unpaired) electrons. The number of anilines is 7. The Morgan fingerprint density at radius 1 is 0.345 bits per heavy atom. The summed E-state index contributed by atoms with van der Waals surface area (Å²) in [4.78, 5) is 125. The maximum absolute atomic E-state index is 13.0. The van der Waals surface area contributed by atoms with Crippen molar-refractivity contribution in [2.75, 3.05) is 147 Å². The van der Waals surface area contributed by atoms with Crippen LogP contribution in [0.4, 0.5) is 44.6 Å². The Morgan fingerprint density at radius 3 is 0.993 bits per heavy atom. The van der Waals surface area contributed by atoms with Crippen LogP contribution in [-0.4, -0.2) is 255 Å². The van der Waals surface area contributed by atoms with Crippen molar-refractivity contribution in [2.45, 2.75) is 81.7 Å². The highest BCUT2D eigenvalue weighted by molar-refractivity contribution is 6.15. The van der Waals surface area contributed by atoms with Crippen molar-refractivity contribution < 1.29 is 33.5 Å². The first-order valence-corrected chi connectivity index (χ1v) is 44.1. The van der Waals surface area contributed by atoms with Crippen LogP contribution in [0, 0.1) is 5.92 Å². The number of hydrogen-bond acceptors (Lipinski definition) is 25. The number of carbonyl (C=O) groups is 6. The SMILES string of the molecule is C.C.C.C.CN(C)Cc1ccc(NC(=O)c2n[nH]c3ccc(-c4cncc(CN5CCC5)c4)cc23)cn1.CN(C)Cc1ccc(NC(=O)c2n[nH]c3ccc(-c4cncc(N5CCOCC5)c4)cc23)cn1.CN(C)Cc1ccc(NC(=O)c2n[nH]c3ccc(-c4cncc(NC(=O)C5CC5)c4)cc23)cn1.CN(C)Cc1ccc(NC(=O)c2n[nH]c3ccc(-c4cncc(NC(=O)N(C)C)c4)cc23)cn1. The third-order valence-corrected chi connectivity index (χ3v) is 22.3. The van der Waals surface area contributed by atoms with E-state index >= 15 is 0 Å². The summed E-state index contributed by atoms with van der Waals surface area (Å²) >= 11 is 0. The highest BCUT2D eigenvalue weighted by Crippen LogP contribution is 2.35. The Balaban J connectivity index is 0.000000164. The first-order valence-electron chi connectivity index (χ1n) is 44.1. The molecule has 0 atom stereocenters. The number of aromatic nitrogens is 16. The number of nitrogens with zero attached hydrogens (tertiary/aromatic N) is 19. The zero-order valence-electron chi connectivity index (χ0n) is 76.6. The quantitative estimate of drug-likeness (QED) is 0.0241. The average Bonchev–Trinajstić information content (AvgIpc) is 1.67. The van der Waals surface area contributed by atoms with Gasteiger partial charge in [0.1, 0.15) is 0 Å². The maximum Gasteiger partial charge on any atom is 0.321 e. The number of ether oxygens (including phenoxy) is 1. The van der Waals surface area contributed by atoms with E-state index in [2.05, 4.69) is 134 Å². The van der Waals surface area contributed by atoms with Crippen LogP contribution in [-0.2, 0) is 42.3 Å². The molecule has 36 heteroatoms. The first kappa shape index (κ1) is 102. The second-order valence-corrected chi connectivity index (χ2v) is 34.5. The van der Waals surface area contributed by atoms with Crippen molar-refractivity contribution in [3.05, 3.63) is 271 Å². The molecular formula is C103H121N29O7. The molecule has 7 amide bonds. The number of morpholine rings is 1. The molecule has 14 heterocycles. The number of H-pyrrole nitrogens is 4. The van der Waals surface area contributed by atoms with Gasteiger partial charge in [0, 0.05) is 141 Å². The molecule has 0 spiro atoms. The molecule has 4 aromatic carbocycles. The van der Waals surface area contributed by atoms with Crippen LogP contribution in [0.15, 0.2) is 220 Å². The molecule has 2 saturated heterocycles. The van der Waals surface area contributed by atoms with Gasteiger partial charge in [0.15, 0.2) is 22.8 Å². The molecular weight excluding hydrogens is 1760 g/mol. The molecule has 12 aromatic heterocycles. The molecule has 0 unspecified atom stereocenters. The minimum atomic E-state index is -0.337. The number of rotatable bonds is 26. The number of carbonyl (C=O) groups excluding carboxylic acids is 6. The van der Waals surface area contributed by atoms with Gasteiger partial charge in [-0.15, -0.1) is 0 Å². The van der Waals surface area contributed by atoms with E-state index in [1.807, 2.05) is 234 Å². The van der Waals surface area contributed by atoms with E-state index in [9.17, 15) is 28.8 Å². The summed E-state index contributed by atoms with van der Waals surface area (Å²) in [5, 5.41) is 48.9. The van der Waals surface area contributed by atoms with E-state index in [1.165, 1.54) is 16.9 Å². The predicted molar refractivity (Wildman–Crippen MR) is 550 cm³/mol. The lowest BCUT2D eigenvalue weighted by Crippen LogP contribution is -2.36. The molecule has 2 aliphatic heterocycles. The van der Waals surface area contributed by atoms with Gasteiger partial charge >= 0.3 is 6.03 Å². The van der Waals surface area contributed by atoms with Gasteiger partial charge in [-0.25, -0.2) is 4.79 Å². The van der Waals surface area contributed by atoms with Gasteiger partial charge in [-0.3, -0.25) is 89.1 Å². The van der Waals surface area contributed by atoms with Crippen molar-refractivity contribution in [2.24, 2.45) is 5.92 Å². The first-order chi connectivity index (χ1) is 65.4. The van der Waals surface area contributed by atoms with Crippen LogP contribution in [0.3, 0.4) is 0 Å². The van der Waals surface area contributed by atoms with Crippen molar-refractivity contribution in [3.63, 3.8) is 0 Å². The summed E-state index contributed by atoms with van der Waals surface area (Å²) < 4.78 is 5.46. The number of likely N-dealkylation sites (tertiary alicyclic amines) is 1. The highest BCUT2D eigenvalue weighted by atomic mass is 16.5. The summed E-state index contributed by atoms with van der Waals surface area (Å²) in [5.41, 5.74) is 21.4. The third kappa shape index (κ3) is 26.7. The van der Waals surface area contributed by atoms with Crippen LogP contribution in [0.25, 0.3) is 88.1 Å². The van der Waals surface area contributed by atoms with Crippen molar-refractivity contribution in [3.8, 4) is 44.5 Å². The Hall–Kier alpha value is -15.9. The molecule has 10 N–H and O–H groups in total. The molecule has 720 valence electrons. The molecule has 1 aliphatic carbocycles. The molecule has 16 aromatic rings. The lowest BCUT2D eigenvalue weighted by molar-refractivity contribution is -0.117. The lowest BCUT2D eigenvalue weighted by atomic mass is 10.0. The van der Waals surface area contributed by atoms with Gasteiger partial charge in [-0.1, -0.05) is 54.0 Å². The van der Waals surface area contributed by atoms with Gasteiger partial charge in [0.25, 0.3) is 23.6 Å². The van der Waals surface area contributed by atoms with Gasteiger partial charge in [0.05, 0.1) is 141 Å². The fourth-order valence-electron chi connectivity index (χ4n) is 15.2. The van der Waals surface area contributed by atoms with E-state index in [-0.39, 0.29) is 76.9 Å². The van der Waals surface area contributed by atoms with Crippen LogP contribution in [0.5, 0.6) is 0 Å². The Morgan fingerprint density at radius 2 is 0.676 bits per heavy atom. The van der Waals surface area contributed by atoms with Crippen molar-refractivity contribution in [1.82, 2.24) is 110 Å². The maximum atomic E-state index is 13.0. The predicted octanol–water partition coefficient (Wildman–Crippen LogP) is 16.4. The van der Waals surface area contributed by atoms with Crippen LogP contribution >= 0.6 is 0 Å². The molecule has 139 heavy (non-hydrogen) atoms. The van der Waals surface area contributed by atoms with E-state index in [0.717, 1.165) is 191 Å². The van der Waals surface area contributed by atoms with Crippen molar-refractivity contribution >= 4 is 119 Å². The van der Waals surface area contributed by atoms with E-state index < -0.39 is 0 Å². The number of aromatic amines is 4. The molecule has 36 nitrogen and oxygen atoms in total. The summed E-state index contributed by atoms with van der Waals surface area (Å²) in [6.45, 7) is 9.28. The summed E-state index contributed by atoms with van der Waals surface area (Å²) in [7, 11) is 19.2. The Kier molecular flexibility index (Phi) is 34.6. The fraction of sp³-hybridized carbons (Fsp3) is 0.282. The molecule has 0 bridgehead atoms. The third-order valence-electron chi connectivity index (χ3n) is 22.3. The monoisotopic (exact) mass is 1880 g/mol. The van der Waals surface area contributed by atoms with E-state index in [4.69, 9.17) is 4.74 Å². The number of hydrogen-bond donors (Lipinski definition) is 10. The topological polar surface area (TPSA) is 424 Å². The molecule has 19 rings (SSSR count). The Labute approximate surface area is 808 Å². The summed E-state index contributed by atoms with van der Waals surface area (Å²) in [5.74, 6) is -1.07. The second-order valence-electron chi connectivity index (χ2n) is 34.5. The molecule has 3 fully saturated rings. The lowest BCUT2D eigenvalue weighted by Gasteiger charge is -2.30. The standard InChI is InChI=1S/C25H27N7O2.C25H25N7O2.C25H27N7O.C24H26N8O2.4CH4/c1-31(2)16-20-5-4-19(14-27-20)28-25(33)24-22-12-17(3-6-23(22)29-30-24)18-11-21(15-26-13-18)32-7-9-34-10-8-32;1-32(2)14-19-7-6-18(13-27-19)28-25(34)23-21-10-16(5-8-22(21)30-31-23)17-9-20(12-26-11-17)29-24(33)15-3-4-15;1-31(2)16-21-6-5-20(14-27-21)28-25(33)24-22-11-18(4-7-23(22)29-30-24)19-10-17(12-26-13-19)15-32-8-3-9-32;1-31(2)14-18-7-6-17(13-26-18)27-23(33)22-20-10-15(5-8-21(20)29-30-22)16-9-19(12-25-11-16)28-24(34)32(3)4;;;;/h3-6,11-15H,7-10,16H2,1-2H3,(H,28,33)(H,29,30);5-13,15H,3-4,14H2,1-2H3,(H,28,34)(H,29,33)(H,30,31);4-7,10-14H,3,8-9,15-16H2,1-2H3,(H,28,33)(H,29,30);5-13H,14H2,1-4H3,(H,27,33)(H,28,34)(H,29,30);4*1H4. The minimum absolute atomic E-state index is 0. The zero-order valence-corrected chi connectivity index (χ0v) is 76.6. The smallest absolute Gasteiger partial charge is 0.321 e.